The van der Waals surface area contributed by atoms with E-state index >= 15 is 0 Å². The molecule has 0 fully saturated rings. The van der Waals surface area contributed by atoms with Gasteiger partial charge in [-0.2, -0.15) is 0 Å². The van der Waals surface area contributed by atoms with Crippen molar-refractivity contribution in [1.29, 1.82) is 0 Å². The molecule has 0 aromatic heterocycles. The van der Waals surface area contributed by atoms with Crippen molar-refractivity contribution in [1.82, 2.24) is 0 Å². The number of carbonyl (C=O) groups excluding carboxylic acids is 1. The molecule has 9 heteroatoms. The molecule has 1 unspecified atom stereocenters. The van der Waals surface area contributed by atoms with Gasteiger partial charge in [0.25, 0.3) is 0 Å². The summed E-state index contributed by atoms with van der Waals surface area (Å²) < 4.78 is 36.5. The third kappa shape index (κ3) is 4.28. The summed E-state index contributed by atoms with van der Waals surface area (Å²) in [6.45, 7) is 1.87. The highest BCUT2D eigenvalue weighted by Crippen LogP contribution is 2.34. The van der Waals surface area contributed by atoms with Gasteiger partial charge >= 0.3 is 0 Å². The average molecular weight is 411 g/mol. The molecule has 0 aliphatic carbocycles. The lowest BCUT2D eigenvalue weighted by atomic mass is 10.1. The summed E-state index contributed by atoms with van der Waals surface area (Å²) in [6.07, 6.45) is 1.33. The van der Waals surface area contributed by atoms with Crippen LogP contribution in [-0.2, 0) is 14.8 Å². The fourth-order valence-electron chi connectivity index (χ4n) is 2.87. The van der Waals surface area contributed by atoms with Gasteiger partial charge in [0.05, 0.1) is 11.9 Å². The molecule has 0 bridgehead atoms. The van der Waals surface area contributed by atoms with E-state index in [9.17, 15) is 13.2 Å². The first-order chi connectivity index (χ1) is 12.8. The molecule has 144 valence electrons. The maximum atomic E-state index is 12.9. The average Bonchev–Trinajstić information content (AvgIpc) is 3.06. The van der Waals surface area contributed by atoms with Gasteiger partial charge < -0.3 is 14.8 Å². The van der Waals surface area contributed by atoms with Crippen LogP contribution in [0.5, 0.6) is 11.5 Å². The van der Waals surface area contributed by atoms with E-state index in [1.165, 1.54) is 6.07 Å². The van der Waals surface area contributed by atoms with Crippen LogP contribution in [0.1, 0.15) is 13.3 Å². The Kier molecular flexibility index (Phi) is 5.48. The molecule has 27 heavy (non-hydrogen) atoms. The Bertz CT molecular complexity index is 964. The van der Waals surface area contributed by atoms with Crippen LogP contribution in [0.3, 0.4) is 0 Å². The van der Waals surface area contributed by atoms with Gasteiger partial charge in [-0.05, 0) is 36.8 Å². The molecule has 0 spiro atoms. The number of benzene rings is 2. The number of fused-ring (bicyclic) bond motifs is 1. The van der Waals surface area contributed by atoms with Gasteiger partial charge in [-0.25, -0.2) is 8.42 Å². The van der Waals surface area contributed by atoms with Crippen LogP contribution in [0.25, 0.3) is 0 Å². The van der Waals surface area contributed by atoms with Crippen LogP contribution in [0.15, 0.2) is 42.5 Å². The fourth-order valence-corrected chi connectivity index (χ4v) is 4.26. The third-order valence-corrected chi connectivity index (χ3v) is 5.45. The molecule has 1 N–H and O–H groups in total. The maximum Gasteiger partial charge on any atom is 0.248 e. The third-order valence-electron chi connectivity index (χ3n) is 4.03. The first kappa shape index (κ1) is 19.3. The molecule has 0 saturated carbocycles. The van der Waals surface area contributed by atoms with Gasteiger partial charge in [-0.1, -0.05) is 24.6 Å². The van der Waals surface area contributed by atoms with Gasteiger partial charge in [0.1, 0.15) is 6.04 Å². The highest BCUT2D eigenvalue weighted by molar-refractivity contribution is 7.92. The number of nitrogens with zero attached hydrogens (tertiary/aromatic N) is 1. The molecular weight excluding hydrogens is 392 g/mol. The predicted octanol–water partition coefficient (Wildman–Crippen LogP) is 3.25. The van der Waals surface area contributed by atoms with Gasteiger partial charge in [0.2, 0.25) is 22.7 Å². The summed E-state index contributed by atoms with van der Waals surface area (Å²) in [4.78, 5) is 12.9. The highest BCUT2D eigenvalue weighted by Gasteiger charge is 2.32. The monoisotopic (exact) mass is 410 g/mol. The summed E-state index contributed by atoms with van der Waals surface area (Å²) in [5, 5.41) is 3.13. The molecule has 2 aromatic carbocycles. The second kappa shape index (κ2) is 7.66. The summed E-state index contributed by atoms with van der Waals surface area (Å²) in [5.74, 6) is 0.661. The zero-order chi connectivity index (χ0) is 19.6. The Morgan fingerprint density at radius 1 is 1.22 bits per heavy atom. The van der Waals surface area contributed by atoms with Crippen molar-refractivity contribution >= 4 is 38.9 Å². The predicted molar refractivity (Wildman–Crippen MR) is 104 cm³/mol. The molecule has 1 aliphatic rings. The number of hydrogen-bond acceptors (Lipinski definition) is 5. The lowest BCUT2D eigenvalue weighted by molar-refractivity contribution is -0.117. The zero-order valence-corrected chi connectivity index (χ0v) is 16.4. The summed E-state index contributed by atoms with van der Waals surface area (Å²) in [5.41, 5.74) is 0.819. The van der Waals surface area contributed by atoms with Crippen molar-refractivity contribution < 1.29 is 22.7 Å². The molecule has 1 heterocycles. The summed E-state index contributed by atoms with van der Waals surface area (Å²) >= 11 is 6.00. The number of sulfonamides is 1. The second-order valence-electron chi connectivity index (χ2n) is 6.02. The van der Waals surface area contributed by atoms with Crippen LogP contribution >= 0.6 is 11.6 Å². The van der Waals surface area contributed by atoms with Crippen molar-refractivity contribution in [3.8, 4) is 11.5 Å². The van der Waals surface area contributed by atoms with Crippen molar-refractivity contribution in [2.75, 3.05) is 22.7 Å². The van der Waals surface area contributed by atoms with Crippen LogP contribution < -0.4 is 19.1 Å². The topological polar surface area (TPSA) is 84.9 Å². The van der Waals surface area contributed by atoms with E-state index in [0.717, 1.165) is 10.6 Å². The largest absolute Gasteiger partial charge is 0.454 e. The van der Waals surface area contributed by atoms with E-state index in [-0.39, 0.29) is 13.2 Å². The van der Waals surface area contributed by atoms with Crippen LogP contribution in [0.2, 0.25) is 5.02 Å². The molecule has 1 amide bonds. The Hall–Kier alpha value is -2.45. The standard InChI is InChI=1S/C18H19ClN2O5S/c1-3-15(21(27(2,23)24)14-6-4-5-12(19)9-14)18(22)20-13-7-8-16-17(10-13)26-11-25-16/h4-10,15H,3,11H2,1-2H3,(H,20,22). The van der Waals surface area contributed by atoms with E-state index < -0.39 is 22.0 Å². The second-order valence-corrected chi connectivity index (χ2v) is 8.32. The minimum atomic E-state index is -3.72. The number of amides is 1. The van der Waals surface area contributed by atoms with E-state index in [0.29, 0.717) is 27.9 Å². The quantitative estimate of drug-likeness (QED) is 0.790. The van der Waals surface area contributed by atoms with Crippen molar-refractivity contribution in [2.45, 2.75) is 19.4 Å². The lowest BCUT2D eigenvalue weighted by Gasteiger charge is -2.30. The Morgan fingerprint density at radius 3 is 2.63 bits per heavy atom. The smallest absolute Gasteiger partial charge is 0.248 e. The van der Waals surface area contributed by atoms with Gasteiger partial charge in [0, 0.05) is 16.8 Å². The van der Waals surface area contributed by atoms with E-state index in [1.807, 2.05) is 0 Å². The minimum Gasteiger partial charge on any atom is -0.454 e. The number of hydrogen-bond donors (Lipinski definition) is 1. The molecular formula is C18H19ClN2O5S. The highest BCUT2D eigenvalue weighted by atomic mass is 35.5. The lowest BCUT2D eigenvalue weighted by Crippen LogP contribution is -2.47. The number of halogens is 1. The van der Waals surface area contributed by atoms with E-state index in [1.54, 1.807) is 43.3 Å². The first-order valence-corrected chi connectivity index (χ1v) is 10.5. The number of nitrogens with one attached hydrogen (secondary N) is 1. The number of anilines is 2. The molecule has 0 saturated heterocycles. The van der Waals surface area contributed by atoms with Crippen molar-refractivity contribution in [2.24, 2.45) is 0 Å². The Labute approximate surface area is 162 Å². The van der Waals surface area contributed by atoms with Crippen molar-refractivity contribution in [3.63, 3.8) is 0 Å². The molecule has 0 radical (unpaired) electrons. The number of rotatable bonds is 6. The fraction of sp³-hybridized carbons (Fsp3) is 0.278. The number of carbonyl (C=O) groups is 1. The molecule has 2 aromatic rings. The molecule has 3 rings (SSSR count). The Morgan fingerprint density at radius 2 is 1.96 bits per heavy atom. The van der Waals surface area contributed by atoms with E-state index in [4.69, 9.17) is 21.1 Å². The normalized spacial score (nSPS) is 13.9. The van der Waals surface area contributed by atoms with Crippen LogP contribution in [-0.4, -0.2) is 33.4 Å². The van der Waals surface area contributed by atoms with Gasteiger partial charge in [-0.15, -0.1) is 0 Å². The SMILES string of the molecule is CCC(C(=O)Nc1ccc2c(c1)OCO2)N(c1cccc(Cl)c1)S(C)(=O)=O. The molecule has 7 nitrogen and oxygen atoms in total. The maximum absolute atomic E-state index is 12.9. The number of ether oxygens (including phenoxy) is 2. The molecule has 1 atom stereocenters. The first-order valence-electron chi connectivity index (χ1n) is 8.25. The van der Waals surface area contributed by atoms with Gasteiger partial charge in [0.15, 0.2) is 11.5 Å². The van der Waals surface area contributed by atoms with Crippen LogP contribution in [0, 0.1) is 0 Å². The minimum absolute atomic E-state index is 0.126. The summed E-state index contributed by atoms with van der Waals surface area (Å²) in [7, 11) is -3.72. The summed E-state index contributed by atoms with van der Waals surface area (Å²) in [6, 6.07) is 10.4. The zero-order valence-electron chi connectivity index (χ0n) is 14.8. The van der Waals surface area contributed by atoms with E-state index in [2.05, 4.69) is 5.32 Å². The Balaban J connectivity index is 1.89. The molecule has 1 aliphatic heterocycles. The van der Waals surface area contributed by atoms with Gasteiger partial charge in [-0.3, -0.25) is 9.10 Å². The van der Waals surface area contributed by atoms with Crippen LogP contribution in [0.4, 0.5) is 11.4 Å². The van der Waals surface area contributed by atoms with Crippen molar-refractivity contribution in [3.05, 3.63) is 47.5 Å².